The summed E-state index contributed by atoms with van der Waals surface area (Å²) in [6.45, 7) is 4.22. The average molecular weight is 439 g/mol. The van der Waals surface area contributed by atoms with Crippen molar-refractivity contribution in [3.63, 3.8) is 0 Å². The van der Waals surface area contributed by atoms with Crippen molar-refractivity contribution in [2.45, 2.75) is 26.7 Å². The van der Waals surface area contributed by atoms with E-state index in [0.29, 0.717) is 0 Å². The molecule has 0 radical (unpaired) electrons. The summed E-state index contributed by atoms with van der Waals surface area (Å²) in [7, 11) is 0. The average Bonchev–Trinajstić information content (AvgIpc) is 3.48. The molecule has 0 heterocycles. The molecule has 0 unspecified atom stereocenters. The van der Waals surface area contributed by atoms with Gasteiger partial charge in [-0.15, -0.1) is 0 Å². The number of aryl methyl sites for hydroxylation is 2. The number of carbonyl (C=O) groups excluding carboxylic acids is 1. The zero-order valence-electron chi connectivity index (χ0n) is 19.6. The normalized spacial score (nSPS) is 13.8. The fraction of sp³-hybridized carbons (Fsp3) is 0.121. The van der Waals surface area contributed by atoms with Crippen molar-refractivity contribution in [1.29, 1.82) is 0 Å². The molecule has 0 atom stereocenters. The highest BCUT2D eigenvalue weighted by molar-refractivity contribution is 6.10. The number of hydrogen-bond acceptors (Lipinski definition) is 1. The molecule has 34 heavy (non-hydrogen) atoms. The molecule has 1 nitrogen and oxygen atoms in total. The van der Waals surface area contributed by atoms with Crippen LogP contribution in [0.3, 0.4) is 0 Å². The van der Waals surface area contributed by atoms with Crippen LogP contribution in [0.1, 0.15) is 60.4 Å². The Hall–Kier alpha value is -3.97. The van der Waals surface area contributed by atoms with Crippen LogP contribution in [0.25, 0.3) is 23.3 Å². The molecule has 2 aliphatic carbocycles. The van der Waals surface area contributed by atoms with Gasteiger partial charge in [0.05, 0.1) is 0 Å². The summed E-state index contributed by atoms with van der Waals surface area (Å²) >= 11 is 0. The van der Waals surface area contributed by atoms with Gasteiger partial charge in [-0.2, -0.15) is 0 Å². The number of fused-ring (bicyclic) bond motifs is 2. The van der Waals surface area contributed by atoms with E-state index >= 15 is 0 Å². The van der Waals surface area contributed by atoms with E-state index in [1.54, 1.807) is 0 Å². The third-order valence-corrected chi connectivity index (χ3v) is 7.08. The fourth-order valence-electron chi connectivity index (χ4n) is 5.02. The van der Waals surface area contributed by atoms with Crippen LogP contribution in [-0.4, -0.2) is 5.78 Å². The van der Waals surface area contributed by atoms with Gasteiger partial charge >= 0.3 is 0 Å². The zero-order chi connectivity index (χ0) is 23.2. The summed E-state index contributed by atoms with van der Waals surface area (Å²) < 4.78 is 0. The monoisotopic (exact) mass is 438 g/mol. The van der Waals surface area contributed by atoms with Crippen LogP contribution in [0.2, 0.25) is 0 Å². The molecule has 2 aliphatic rings. The highest BCUT2D eigenvalue weighted by atomic mass is 16.1. The first-order valence-electron chi connectivity index (χ1n) is 11.9. The lowest BCUT2D eigenvalue weighted by Crippen LogP contribution is -2.03. The molecule has 0 spiro atoms. The second kappa shape index (κ2) is 8.11. The van der Waals surface area contributed by atoms with Crippen LogP contribution in [0.5, 0.6) is 0 Å². The van der Waals surface area contributed by atoms with Crippen molar-refractivity contribution < 1.29 is 4.79 Å². The Labute approximate surface area is 201 Å². The molecule has 6 rings (SSSR count). The topological polar surface area (TPSA) is 17.1 Å². The number of hydrogen-bond donors (Lipinski definition) is 0. The molecular weight excluding hydrogens is 412 g/mol. The summed E-state index contributed by atoms with van der Waals surface area (Å²) in [5.41, 5.74) is 14.0. The van der Waals surface area contributed by atoms with Gasteiger partial charge in [-0.3, -0.25) is 4.79 Å². The second-order valence-electron chi connectivity index (χ2n) is 9.58. The third kappa shape index (κ3) is 3.74. The molecule has 0 amide bonds. The Morgan fingerprint density at radius 2 is 0.971 bits per heavy atom. The number of allylic oxidation sites excluding steroid dienone is 2. The summed E-state index contributed by atoms with van der Waals surface area (Å²) in [5, 5.41) is 0. The van der Waals surface area contributed by atoms with Gasteiger partial charge in [0.1, 0.15) is 0 Å². The molecule has 4 aromatic rings. The minimum Gasteiger partial charge on any atom is -0.289 e. The van der Waals surface area contributed by atoms with Gasteiger partial charge in [0.2, 0.25) is 0 Å². The van der Waals surface area contributed by atoms with Crippen LogP contribution in [0, 0.1) is 13.8 Å². The van der Waals surface area contributed by atoms with Gasteiger partial charge in [0, 0.05) is 11.1 Å². The van der Waals surface area contributed by atoms with Crippen LogP contribution in [-0.2, 0) is 12.8 Å². The van der Waals surface area contributed by atoms with Crippen LogP contribution in [0.4, 0.5) is 0 Å². The van der Waals surface area contributed by atoms with E-state index in [0.717, 1.165) is 35.1 Å². The SMILES string of the molecule is Cc1ccc(C2=Cc3cc(C(=O)c4ccc5c(c4)C=C(c4ccc(C)cc4)C5)ccc3C2)cc1. The summed E-state index contributed by atoms with van der Waals surface area (Å²) in [6, 6.07) is 29.6. The van der Waals surface area contributed by atoms with Crippen molar-refractivity contribution in [2.24, 2.45) is 0 Å². The molecule has 4 aromatic carbocycles. The lowest BCUT2D eigenvalue weighted by molar-refractivity contribution is 0.103. The highest BCUT2D eigenvalue weighted by Gasteiger charge is 2.19. The molecule has 164 valence electrons. The van der Waals surface area contributed by atoms with Gasteiger partial charge in [-0.05, 0) is 83.3 Å². The van der Waals surface area contributed by atoms with Crippen LogP contribution >= 0.6 is 0 Å². The van der Waals surface area contributed by atoms with Crippen LogP contribution < -0.4 is 0 Å². The molecule has 1 heteroatoms. The summed E-state index contributed by atoms with van der Waals surface area (Å²) in [4.78, 5) is 13.4. The fourth-order valence-corrected chi connectivity index (χ4v) is 5.02. The molecule has 0 bridgehead atoms. The molecular formula is C33H26O. The van der Waals surface area contributed by atoms with E-state index in [4.69, 9.17) is 0 Å². The maximum atomic E-state index is 13.4. The first kappa shape index (κ1) is 20.6. The maximum Gasteiger partial charge on any atom is 0.193 e. The van der Waals surface area contributed by atoms with Crippen molar-refractivity contribution >= 4 is 29.1 Å². The Morgan fingerprint density at radius 1 is 0.559 bits per heavy atom. The zero-order valence-corrected chi connectivity index (χ0v) is 19.6. The van der Waals surface area contributed by atoms with E-state index in [1.165, 1.54) is 44.5 Å². The van der Waals surface area contributed by atoms with Crippen LogP contribution in [0.15, 0.2) is 84.9 Å². The first-order chi connectivity index (χ1) is 16.5. The molecule has 0 fully saturated rings. The number of ketones is 1. The highest BCUT2D eigenvalue weighted by Crippen LogP contribution is 2.34. The maximum absolute atomic E-state index is 13.4. The van der Waals surface area contributed by atoms with Gasteiger partial charge in [-0.1, -0.05) is 96.1 Å². The minimum absolute atomic E-state index is 0.0833. The first-order valence-corrected chi connectivity index (χ1v) is 11.9. The minimum atomic E-state index is 0.0833. The predicted molar refractivity (Wildman–Crippen MR) is 142 cm³/mol. The summed E-state index contributed by atoms with van der Waals surface area (Å²) in [5.74, 6) is 0.0833. The van der Waals surface area contributed by atoms with Crippen molar-refractivity contribution in [2.75, 3.05) is 0 Å². The summed E-state index contributed by atoms with van der Waals surface area (Å²) in [6.07, 6.45) is 6.29. The van der Waals surface area contributed by atoms with Gasteiger partial charge in [-0.25, -0.2) is 0 Å². The van der Waals surface area contributed by atoms with E-state index in [-0.39, 0.29) is 5.78 Å². The molecule has 0 saturated heterocycles. The van der Waals surface area contributed by atoms with E-state index < -0.39 is 0 Å². The van der Waals surface area contributed by atoms with Crippen molar-refractivity contribution in [3.8, 4) is 0 Å². The van der Waals surface area contributed by atoms with Crippen molar-refractivity contribution in [3.05, 3.63) is 141 Å². The molecule has 0 saturated carbocycles. The molecule has 0 N–H and O–H groups in total. The van der Waals surface area contributed by atoms with E-state index in [2.05, 4.69) is 98.8 Å². The Morgan fingerprint density at radius 3 is 1.38 bits per heavy atom. The van der Waals surface area contributed by atoms with Gasteiger partial charge in [0.25, 0.3) is 0 Å². The Bertz CT molecular complexity index is 1380. The largest absolute Gasteiger partial charge is 0.289 e. The Kier molecular flexibility index (Phi) is 4.92. The van der Waals surface area contributed by atoms with Gasteiger partial charge < -0.3 is 0 Å². The predicted octanol–water partition coefficient (Wildman–Crippen LogP) is 7.73. The van der Waals surface area contributed by atoms with Gasteiger partial charge in [0.15, 0.2) is 5.78 Å². The van der Waals surface area contributed by atoms with Crippen molar-refractivity contribution in [1.82, 2.24) is 0 Å². The lowest BCUT2D eigenvalue weighted by Gasteiger charge is -2.06. The standard InChI is InChI=1S/C33H26O/c1-21-3-7-23(8-4-21)29-15-25-11-13-27(17-31(25)19-29)33(34)28-14-12-26-16-30(20-32(26)18-28)24-9-5-22(2)6-10-24/h3-14,17-20H,15-16H2,1-2H3. The number of rotatable bonds is 4. The Balaban J connectivity index is 1.27. The smallest absolute Gasteiger partial charge is 0.193 e. The molecule has 0 aliphatic heterocycles. The molecule has 0 aromatic heterocycles. The van der Waals surface area contributed by atoms with E-state index in [1.807, 2.05) is 12.1 Å². The number of carbonyl (C=O) groups is 1. The van der Waals surface area contributed by atoms with E-state index in [9.17, 15) is 4.79 Å². The quantitative estimate of drug-likeness (QED) is 0.298. The number of benzene rings is 4. The lowest BCUT2D eigenvalue weighted by atomic mass is 9.96. The second-order valence-corrected chi connectivity index (χ2v) is 9.58. The third-order valence-electron chi connectivity index (χ3n) is 7.08.